The maximum atomic E-state index is 12.8. The first kappa shape index (κ1) is 16.2. The summed E-state index contributed by atoms with van der Waals surface area (Å²) in [5.41, 5.74) is -1.78. The van der Waals surface area contributed by atoms with Crippen LogP contribution in [0.3, 0.4) is 0 Å². The van der Waals surface area contributed by atoms with E-state index in [4.69, 9.17) is 0 Å². The number of carbonyl (C=O) groups excluding carboxylic acids is 1. The third-order valence-electron chi connectivity index (χ3n) is 3.77. The average molecular weight is 337 g/mol. The number of H-pyrrole nitrogens is 1. The summed E-state index contributed by atoms with van der Waals surface area (Å²) in [4.78, 5) is 32.0. The number of pyridine rings is 2. The van der Waals surface area contributed by atoms with Gasteiger partial charge in [-0.3, -0.25) is 14.6 Å². The van der Waals surface area contributed by atoms with Gasteiger partial charge in [-0.1, -0.05) is 6.07 Å². The molecular formula is C16H14F3N3O2. The summed E-state index contributed by atoms with van der Waals surface area (Å²) in [7, 11) is 0. The van der Waals surface area contributed by atoms with Crippen molar-refractivity contribution in [2.24, 2.45) is 0 Å². The first-order valence-electron chi connectivity index (χ1n) is 7.37. The number of halogens is 3. The molecule has 0 bridgehead atoms. The van der Waals surface area contributed by atoms with Crippen LogP contribution in [-0.4, -0.2) is 26.8 Å². The summed E-state index contributed by atoms with van der Waals surface area (Å²) in [6, 6.07) is 5.74. The number of hydrogen-bond donors (Lipinski definition) is 1. The van der Waals surface area contributed by atoms with E-state index in [1.165, 1.54) is 4.90 Å². The molecule has 8 heteroatoms. The van der Waals surface area contributed by atoms with E-state index in [1.54, 1.807) is 24.4 Å². The van der Waals surface area contributed by atoms with Crippen LogP contribution in [-0.2, 0) is 12.7 Å². The average Bonchev–Trinajstić information content (AvgIpc) is 3.37. The Kier molecular flexibility index (Phi) is 4.13. The summed E-state index contributed by atoms with van der Waals surface area (Å²) in [6.45, 7) is 0.153. The van der Waals surface area contributed by atoms with Gasteiger partial charge in [0.2, 0.25) is 0 Å². The van der Waals surface area contributed by atoms with Gasteiger partial charge in [0.15, 0.2) is 0 Å². The van der Waals surface area contributed by atoms with Crippen molar-refractivity contribution in [1.82, 2.24) is 14.9 Å². The molecule has 0 saturated heterocycles. The number of hydrogen-bond acceptors (Lipinski definition) is 3. The molecule has 0 aliphatic heterocycles. The van der Waals surface area contributed by atoms with Crippen LogP contribution >= 0.6 is 0 Å². The first-order chi connectivity index (χ1) is 11.4. The van der Waals surface area contributed by atoms with Crippen molar-refractivity contribution in [2.75, 3.05) is 0 Å². The van der Waals surface area contributed by atoms with Crippen LogP contribution in [0.25, 0.3) is 0 Å². The van der Waals surface area contributed by atoms with E-state index in [0.717, 1.165) is 12.8 Å². The fourth-order valence-corrected chi connectivity index (χ4v) is 2.38. The minimum atomic E-state index is -4.63. The lowest BCUT2D eigenvalue weighted by atomic mass is 10.1. The molecule has 5 nitrogen and oxygen atoms in total. The van der Waals surface area contributed by atoms with Gasteiger partial charge in [-0.25, -0.2) is 0 Å². The zero-order chi connectivity index (χ0) is 17.3. The van der Waals surface area contributed by atoms with Crippen molar-refractivity contribution < 1.29 is 18.0 Å². The minimum Gasteiger partial charge on any atom is -0.330 e. The Morgan fingerprint density at radius 2 is 2.08 bits per heavy atom. The molecule has 1 saturated carbocycles. The second kappa shape index (κ2) is 6.10. The van der Waals surface area contributed by atoms with Crippen LogP contribution in [0.15, 0.2) is 41.5 Å². The predicted molar refractivity (Wildman–Crippen MR) is 79.2 cm³/mol. The lowest BCUT2D eigenvalue weighted by Crippen LogP contribution is -2.36. The molecule has 2 aromatic rings. The number of aromatic nitrogens is 2. The Balaban J connectivity index is 1.92. The van der Waals surface area contributed by atoms with E-state index in [0.29, 0.717) is 18.0 Å². The molecule has 126 valence electrons. The first-order valence-corrected chi connectivity index (χ1v) is 7.37. The maximum absolute atomic E-state index is 12.8. The normalized spacial score (nSPS) is 14.5. The van der Waals surface area contributed by atoms with Gasteiger partial charge in [0.1, 0.15) is 5.56 Å². The molecule has 0 spiro atoms. The van der Waals surface area contributed by atoms with Crippen LogP contribution in [0.4, 0.5) is 13.2 Å². The van der Waals surface area contributed by atoms with Gasteiger partial charge in [0, 0.05) is 18.4 Å². The molecule has 0 aromatic carbocycles. The van der Waals surface area contributed by atoms with Crippen LogP contribution in [0.2, 0.25) is 0 Å². The largest absolute Gasteiger partial charge is 0.417 e. The minimum absolute atomic E-state index is 0.0755. The van der Waals surface area contributed by atoms with Crippen molar-refractivity contribution in [1.29, 1.82) is 0 Å². The Bertz CT molecular complexity index is 798. The molecular weight excluding hydrogens is 323 g/mol. The summed E-state index contributed by atoms with van der Waals surface area (Å²) < 4.78 is 38.5. The highest BCUT2D eigenvalue weighted by atomic mass is 19.4. The monoisotopic (exact) mass is 337 g/mol. The van der Waals surface area contributed by atoms with E-state index in [9.17, 15) is 22.8 Å². The number of alkyl halides is 3. The van der Waals surface area contributed by atoms with Crippen molar-refractivity contribution in [2.45, 2.75) is 31.6 Å². The van der Waals surface area contributed by atoms with E-state index >= 15 is 0 Å². The van der Waals surface area contributed by atoms with E-state index in [-0.39, 0.29) is 12.6 Å². The van der Waals surface area contributed by atoms with Crippen LogP contribution in [0, 0.1) is 0 Å². The number of carbonyl (C=O) groups is 1. The zero-order valence-electron chi connectivity index (χ0n) is 12.5. The van der Waals surface area contributed by atoms with Crippen molar-refractivity contribution in [3.05, 3.63) is 63.8 Å². The molecule has 24 heavy (non-hydrogen) atoms. The third-order valence-corrected chi connectivity index (χ3v) is 3.77. The summed E-state index contributed by atoms with van der Waals surface area (Å²) in [5.74, 6) is -0.712. The maximum Gasteiger partial charge on any atom is 0.417 e. The van der Waals surface area contributed by atoms with Crippen LogP contribution < -0.4 is 5.56 Å². The third kappa shape index (κ3) is 3.47. The van der Waals surface area contributed by atoms with Gasteiger partial charge in [-0.15, -0.1) is 0 Å². The predicted octanol–water partition coefficient (Wildman–Crippen LogP) is 2.59. The lowest BCUT2D eigenvalue weighted by Gasteiger charge is -2.22. The van der Waals surface area contributed by atoms with E-state index < -0.39 is 28.8 Å². The highest BCUT2D eigenvalue weighted by Gasteiger charge is 2.36. The quantitative estimate of drug-likeness (QED) is 0.933. The molecule has 1 aliphatic carbocycles. The number of amides is 1. The Labute approximate surface area is 135 Å². The summed E-state index contributed by atoms with van der Waals surface area (Å²) in [6.07, 6.45) is -0.975. The second-order valence-electron chi connectivity index (χ2n) is 5.61. The van der Waals surface area contributed by atoms with Crippen LogP contribution in [0.5, 0.6) is 0 Å². The van der Waals surface area contributed by atoms with Gasteiger partial charge in [-0.05, 0) is 31.0 Å². The number of nitrogens with one attached hydrogen (secondary N) is 1. The molecule has 1 fully saturated rings. The molecule has 2 heterocycles. The molecule has 2 aromatic heterocycles. The van der Waals surface area contributed by atoms with Crippen LogP contribution in [0.1, 0.15) is 34.5 Å². The standard InChI is InChI=1S/C16H14F3N3O2/c17-16(18,19)10-7-13(14(23)21-8-10)15(24)22(12-4-5-12)9-11-3-1-2-6-20-11/h1-3,6-8,12H,4-5,9H2,(H,21,23). The van der Waals surface area contributed by atoms with Crippen molar-refractivity contribution in [3.63, 3.8) is 0 Å². The number of rotatable bonds is 4. The Morgan fingerprint density at radius 1 is 1.33 bits per heavy atom. The smallest absolute Gasteiger partial charge is 0.330 e. The molecule has 0 unspecified atom stereocenters. The van der Waals surface area contributed by atoms with E-state index in [2.05, 4.69) is 4.98 Å². The Morgan fingerprint density at radius 3 is 2.67 bits per heavy atom. The molecule has 0 atom stereocenters. The van der Waals surface area contributed by atoms with Crippen molar-refractivity contribution >= 4 is 5.91 Å². The topological polar surface area (TPSA) is 66.1 Å². The molecule has 3 rings (SSSR count). The number of nitrogens with zero attached hydrogens (tertiary/aromatic N) is 2. The molecule has 1 amide bonds. The number of aromatic amines is 1. The lowest BCUT2D eigenvalue weighted by molar-refractivity contribution is -0.137. The van der Waals surface area contributed by atoms with E-state index in [1.807, 2.05) is 4.98 Å². The fourth-order valence-electron chi connectivity index (χ4n) is 2.38. The van der Waals surface area contributed by atoms with Gasteiger partial charge in [-0.2, -0.15) is 13.2 Å². The highest BCUT2D eigenvalue weighted by Crippen LogP contribution is 2.31. The summed E-state index contributed by atoms with van der Waals surface area (Å²) >= 11 is 0. The van der Waals surface area contributed by atoms with Gasteiger partial charge in [0.25, 0.3) is 11.5 Å². The SMILES string of the molecule is O=C(c1cc(C(F)(F)F)c[nH]c1=O)N(Cc1ccccn1)C1CC1. The molecule has 0 radical (unpaired) electrons. The Hall–Kier alpha value is -2.64. The summed E-state index contributed by atoms with van der Waals surface area (Å²) in [5, 5.41) is 0. The van der Waals surface area contributed by atoms with Gasteiger partial charge in [0.05, 0.1) is 17.8 Å². The second-order valence-corrected chi connectivity index (χ2v) is 5.61. The van der Waals surface area contributed by atoms with Gasteiger partial charge < -0.3 is 9.88 Å². The highest BCUT2D eigenvalue weighted by molar-refractivity contribution is 5.94. The molecule has 1 aliphatic rings. The molecule has 1 N–H and O–H groups in total. The van der Waals surface area contributed by atoms with Crippen molar-refractivity contribution in [3.8, 4) is 0 Å². The fraction of sp³-hybridized carbons (Fsp3) is 0.312. The van der Waals surface area contributed by atoms with Gasteiger partial charge >= 0.3 is 6.18 Å². The zero-order valence-corrected chi connectivity index (χ0v) is 12.5.